The zero-order valence-corrected chi connectivity index (χ0v) is 12.2. The number of rotatable bonds is 5. The van der Waals surface area contributed by atoms with Crippen molar-refractivity contribution in [3.63, 3.8) is 0 Å². The Hall–Kier alpha value is -0.360. The zero-order valence-electron chi connectivity index (χ0n) is 11.4. The lowest BCUT2D eigenvalue weighted by Gasteiger charge is -2.35. The van der Waals surface area contributed by atoms with Gasteiger partial charge in [-0.3, -0.25) is 4.79 Å². The number of carbonyl (C=O) groups excluding carboxylic acids is 1. The lowest BCUT2D eigenvalue weighted by atomic mass is 9.98. The van der Waals surface area contributed by atoms with Gasteiger partial charge in [-0.15, -0.1) is 12.4 Å². The number of amides is 1. The van der Waals surface area contributed by atoms with Gasteiger partial charge in [0.15, 0.2) is 0 Å². The van der Waals surface area contributed by atoms with Crippen molar-refractivity contribution in [2.24, 2.45) is 11.7 Å². The van der Waals surface area contributed by atoms with E-state index in [0.29, 0.717) is 26.3 Å². The molecule has 0 spiro atoms. The second kappa shape index (κ2) is 8.69. The Morgan fingerprint density at radius 1 is 1.61 bits per heavy atom. The first-order valence-corrected chi connectivity index (χ1v) is 6.25. The maximum absolute atomic E-state index is 12.2. The minimum absolute atomic E-state index is 0. The van der Waals surface area contributed by atoms with Crippen LogP contribution in [-0.4, -0.2) is 56.4 Å². The molecule has 0 aromatic heterocycles. The first-order valence-electron chi connectivity index (χ1n) is 6.25. The molecule has 6 heteroatoms. The highest BCUT2D eigenvalue weighted by Crippen LogP contribution is 2.12. The summed E-state index contributed by atoms with van der Waals surface area (Å²) in [7, 11) is 1.63. The molecule has 0 aliphatic carbocycles. The molecule has 0 saturated carbocycles. The van der Waals surface area contributed by atoms with Crippen LogP contribution in [0.5, 0.6) is 0 Å². The Kier molecular flexibility index (Phi) is 8.52. The number of hydrogen-bond donors (Lipinski definition) is 1. The van der Waals surface area contributed by atoms with Crippen LogP contribution in [0.15, 0.2) is 0 Å². The summed E-state index contributed by atoms with van der Waals surface area (Å²) < 4.78 is 10.5. The van der Waals surface area contributed by atoms with E-state index in [1.54, 1.807) is 12.0 Å². The van der Waals surface area contributed by atoms with Crippen molar-refractivity contribution in [3.05, 3.63) is 0 Å². The summed E-state index contributed by atoms with van der Waals surface area (Å²) in [6.45, 7) is 6.34. The van der Waals surface area contributed by atoms with E-state index in [4.69, 9.17) is 15.2 Å². The van der Waals surface area contributed by atoms with Crippen molar-refractivity contribution < 1.29 is 14.3 Å². The lowest BCUT2D eigenvalue weighted by Crippen LogP contribution is -2.53. The van der Waals surface area contributed by atoms with Gasteiger partial charge in [0.2, 0.25) is 5.91 Å². The van der Waals surface area contributed by atoms with Crippen LogP contribution in [-0.2, 0) is 14.3 Å². The van der Waals surface area contributed by atoms with Gasteiger partial charge < -0.3 is 20.1 Å². The Morgan fingerprint density at radius 3 is 2.83 bits per heavy atom. The molecule has 1 fully saturated rings. The third-order valence-corrected chi connectivity index (χ3v) is 3.35. The highest BCUT2D eigenvalue weighted by Gasteiger charge is 2.29. The molecule has 2 N–H and O–H groups in total. The van der Waals surface area contributed by atoms with E-state index in [9.17, 15) is 4.79 Å². The number of halogens is 1. The Bertz CT molecular complexity index is 251. The third-order valence-electron chi connectivity index (χ3n) is 3.35. The predicted molar refractivity (Wildman–Crippen MR) is 72.9 cm³/mol. The topological polar surface area (TPSA) is 64.8 Å². The van der Waals surface area contributed by atoms with Gasteiger partial charge in [-0.25, -0.2) is 0 Å². The Morgan fingerprint density at radius 2 is 2.28 bits per heavy atom. The molecule has 0 bridgehead atoms. The van der Waals surface area contributed by atoms with Crippen LogP contribution in [0.25, 0.3) is 0 Å². The number of nitrogens with zero attached hydrogens (tertiary/aromatic N) is 1. The van der Waals surface area contributed by atoms with Gasteiger partial charge >= 0.3 is 0 Å². The average Bonchev–Trinajstić information content (AvgIpc) is 2.36. The van der Waals surface area contributed by atoms with Gasteiger partial charge in [-0.2, -0.15) is 0 Å². The number of methoxy groups -OCH3 is 1. The number of nitrogens with two attached hydrogens (primary N) is 1. The molecular formula is C12H25ClN2O3. The quantitative estimate of drug-likeness (QED) is 0.803. The summed E-state index contributed by atoms with van der Waals surface area (Å²) in [6, 6.07) is -0.402. The minimum atomic E-state index is -0.402. The summed E-state index contributed by atoms with van der Waals surface area (Å²) in [5, 5.41) is 0. The fourth-order valence-electron chi connectivity index (χ4n) is 1.91. The van der Waals surface area contributed by atoms with E-state index in [1.165, 1.54) is 0 Å². The fourth-order valence-corrected chi connectivity index (χ4v) is 1.91. The van der Waals surface area contributed by atoms with Crippen LogP contribution in [0.4, 0.5) is 0 Å². The van der Waals surface area contributed by atoms with Crippen molar-refractivity contribution in [2.75, 3.05) is 33.4 Å². The number of morpholine rings is 1. The van der Waals surface area contributed by atoms with Gasteiger partial charge in [-0.05, 0) is 5.92 Å². The monoisotopic (exact) mass is 280 g/mol. The molecule has 1 saturated heterocycles. The summed E-state index contributed by atoms with van der Waals surface area (Å²) in [5.74, 6) is 0.245. The molecule has 0 aromatic rings. The van der Waals surface area contributed by atoms with Gasteiger partial charge in [0.1, 0.15) is 0 Å². The Labute approximate surface area is 115 Å². The zero-order chi connectivity index (χ0) is 12.8. The van der Waals surface area contributed by atoms with Crippen LogP contribution in [0, 0.1) is 5.92 Å². The molecule has 5 nitrogen and oxygen atoms in total. The van der Waals surface area contributed by atoms with Crippen molar-refractivity contribution in [2.45, 2.75) is 32.4 Å². The largest absolute Gasteiger partial charge is 0.382 e. The molecule has 18 heavy (non-hydrogen) atoms. The molecule has 1 aliphatic rings. The third kappa shape index (κ3) is 4.72. The smallest absolute Gasteiger partial charge is 0.239 e. The molecule has 1 heterocycles. The van der Waals surface area contributed by atoms with E-state index >= 15 is 0 Å². The second-order valence-electron chi connectivity index (χ2n) is 4.64. The number of ether oxygens (including phenoxy) is 2. The Balaban J connectivity index is 0.00000289. The molecule has 1 amide bonds. The standard InChI is InChI=1S/C12H24N2O3.ClH/c1-4-9(2)11(13)12(15)14-5-6-17-10(7-14)8-16-3;/h9-11H,4-8,13H2,1-3H3;1H. The fraction of sp³-hybridized carbons (Fsp3) is 0.917. The first-order chi connectivity index (χ1) is 8.10. The van der Waals surface area contributed by atoms with Gasteiger partial charge in [0, 0.05) is 20.2 Å². The van der Waals surface area contributed by atoms with Crippen molar-refractivity contribution in [3.8, 4) is 0 Å². The summed E-state index contributed by atoms with van der Waals surface area (Å²) in [5.41, 5.74) is 5.96. The second-order valence-corrected chi connectivity index (χ2v) is 4.64. The highest BCUT2D eigenvalue weighted by molar-refractivity contribution is 5.85. The van der Waals surface area contributed by atoms with E-state index in [2.05, 4.69) is 0 Å². The first kappa shape index (κ1) is 17.6. The van der Waals surface area contributed by atoms with Crippen LogP contribution >= 0.6 is 12.4 Å². The van der Waals surface area contributed by atoms with Crippen molar-refractivity contribution in [1.29, 1.82) is 0 Å². The molecule has 3 unspecified atom stereocenters. The van der Waals surface area contributed by atoms with E-state index in [0.717, 1.165) is 6.42 Å². The van der Waals surface area contributed by atoms with Gasteiger partial charge in [0.05, 0.1) is 25.4 Å². The number of carbonyl (C=O) groups is 1. The lowest BCUT2D eigenvalue weighted by molar-refractivity contribution is -0.143. The van der Waals surface area contributed by atoms with Gasteiger partial charge in [-0.1, -0.05) is 20.3 Å². The molecule has 1 aliphatic heterocycles. The predicted octanol–water partition coefficient (Wildman–Crippen LogP) is 0.655. The van der Waals surface area contributed by atoms with Crippen LogP contribution in [0.2, 0.25) is 0 Å². The number of hydrogen-bond acceptors (Lipinski definition) is 4. The maximum atomic E-state index is 12.2. The highest BCUT2D eigenvalue weighted by atomic mass is 35.5. The van der Waals surface area contributed by atoms with Crippen LogP contribution < -0.4 is 5.73 Å². The van der Waals surface area contributed by atoms with Crippen LogP contribution in [0.1, 0.15) is 20.3 Å². The maximum Gasteiger partial charge on any atom is 0.239 e. The molecule has 1 rings (SSSR count). The SMILES string of the molecule is CCC(C)C(N)C(=O)N1CCOC(COC)C1.Cl. The van der Waals surface area contributed by atoms with Crippen molar-refractivity contribution in [1.82, 2.24) is 4.90 Å². The minimum Gasteiger partial charge on any atom is -0.382 e. The van der Waals surface area contributed by atoms with E-state index in [-0.39, 0.29) is 30.3 Å². The molecular weight excluding hydrogens is 256 g/mol. The molecule has 0 radical (unpaired) electrons. The molecule has 0 aromatic carbocycles. The molecule has 108 valence electrons. The van der Waals surface area contributed by atoms with Gasteiger partial charge in [0.25, 0.3) is 0 Å². The normalized spacial score (nSPS) is 23.1. The van der Waals surface area contributed by atoms with E-state index in [1.807, 2.05) is 13.8 Å². The summed E-state index contributed by atoms with van der Waals surface area (Å²) >= 11 is 0. The van der Waals surface area contributed by atoms with E-state index < -0.39 is 6.04 Å². The van der Waals surface area contributed by atoms with Crippen molar-refractivity contribution >= 4 is 18.3 Å². The molecule has 3 atom stereocenters. The summed E-state index contributed by atoms with van der Waals surface area (Å²) in [4.78, 5) is 13.9. The van der Waals surface area contributed by atoms with Crippen LogP contribution in [0.3, 0.4) is 0 Å². The summed E-state index contributed by atoms with van der Waals surface area (Å²) in [6.07, 6.45) is 0.889. The average molecular weight is 281 g/mol.